The maximum absolute atomic E-state index is 13.7. The van der Waals surface area contributed by atoms with Gasteiger partial charge in [0.15, 0.2) is 5.78 Å². The van der Waals surface area contributed by atoms with Crippen LogP contribution in [0.4, 0.5) is 10.5 Å². The van der Waals surface area contributed by atoms with E-state index in [-0.39, 0.29) is 18.0 Å². The van der Waals surface area contributed by atoms with E-state index < -0.39 is 21.0 Å². The number of carbonyl (C=O) groups is 2. The lowest BCUT2D eigenvalue weighted by molar-refractivity contribution is 0.0126. The van der Waals surface area contributed by atoms with Crippen LogP contribution in [0.15, 0.2) is 36.4 Å². The number of nitrogens with zero attached hydrogens (tertiary/aromatic N) is 1. The number of carbonyl (C=O) groups excluding carboxylic acids is 2. The smallest absolute Gasteiger partial charge is 0.410 e. The summed E-state index contributed by atoms with van der Waals surface area (Å²) in [6.07, 6.45) is 2.12. The van der Waals surface area contributed by atoms with E-state index >= 15 is 0 Å². The minimum absolute atomic E-state index is 0.0476. The number of ether oxygens (including phenoxy) is 2. The van der Waals surface area contributed by atoms with Gasteiger partial charge in [-0.2, -0.15) is 0 Å². The van der Waals surface area contributed by atoms with Gasteiger partial charge in [-0.3, -0.25) is 9.52 Å². The highest BCUT2D eigenvalue weighted by Gasteiger charge is 2.40. The van der Waals surface area contributed by atoms with Gasteiger partial charge in [-0.05, 0) is 62.7 Å². The number of piperidine rings is 1. The average Bonchev–Trinajstić information content (AvgIpc) is 3.21. The number of nitrogens with one attached hydrogen (secondary N) is 2. The molecular formula is C29H35N3O6S. The number of amides is 1. The second-order valence-corrected chi connectivity index (χ2v) is 13.7. The minimum atomic E-state index is -3.45. The van der Waals surface area contributed by atoms with Gasteiger partial charge in [-0.25, -0.2) is 13.2 Å². The minimum Gasteiger partial charge on any atom is -0.490 e. The summed E-state index contributed by atoms with van der Waals surface area (Å²) in [5.41, 5.74) is 2.93. The molecule has 1 aliphatic carbocycles. The third-order valence-electron chi connectivity index (χ3n) is 7.26. The largest absolute Gasteiger partial charge is 0.490 e. The highest BCUT2D eigenvalue weighted by Crippen LogP contribution is 2.45. The Kier molecular flexibility index (Phi) is 6.44. The number of aromatic amines is 1. The molecule has 2 aromatic carbocycles. The summed E-state index contributed by atoms with van der Waals surface area (Å²) in [5.74, 6) is 0.573. The topological polar surface area (TPSA) is 118 Å². The molecule has 0 saturated carbocycles. The number of likely N-dealkylation sites (tertiary alicyclic amines) is 1. The zero-order valence-electron chi connectivity index (χ0n) is 23.2. The van der Waals surface area contributed by atoms with E-state index in [2.05, 4.69) is 23.6 Å². The molecule has 1 amide bonds. The quantitative estimate of drug-likeness (QED) is 0.459. The molecule has 9 nitrogen and oxygen atoms in total. The molecule has 2 heterocycles. The van der Waals surface area contributed by atoms with Crippen molar-refractivity contribution in [3.05, 3.63) is 58.8 Å². The van der Waals surface area contributed by atoms with Crippen molar-refractivity contribution in [2.45, 2.75) is 64.6 Å². The zero-order valence-corrected chi connectivity index (χ0v) is 24.0. The van der Waals surface area contributed by atoms with Crippen molar-refractivity contribution in [3.63, 3.8) is 0 Å². The summed E-state index contributed by atoms with van der Waals surface area (Å²) in [6, 6.07) is 10.7. The van der Waals surface area contributed by atoms with Crippen LogP contribution in [0.25, 0.3) is 10.9 Å². The van der Waals surface area contributed by atoms with Crippen LogP contribution in [0.2, 0.25) is 0 Å². The molecule has 208 valence electrons. The van der Waals surface area contributed by atoms with Crippen molar-refractivity contribution in [1.82, 2.24) is 9.88 Å². The Morgan fingerprint density at radius 1 is 1.10 bits per heavy atom. The summed E-state index contributed by atoms with van der Waals surface area (Å²) in [6.45, 7) is 10.8. The number of ketones is 1. The van der Waals surface area contributed by atoms with E-state index in [9.17, 15) is 18.0 Å². The van der Waals surface area contributed by atoms with Gasteiger partial charge in [-0.1, -0.05) is 13.8 Å². The van der Waals surface area contributed by atoms with Gasteiger partial charge in [0.2, 0.25) is 10.0 Å². The molecule has 0 atom stereocenters. The van der Waals surface area contributed by atoms with Crippen molar-refractivity contribution >= 4 is 38.5 Å². The van der Waals surface area contributed by atoms with Gasteiger partial charge < -0.3 is 19.4 Å². The highest BCUT2D eigenvalue weighted by atomic mass is 32.2. The standard InChI is InChI=1S/C29H35N3O6S/c1-28(2,3)38-27(34)32-13-11-18(12-14-32)37-19-8-9-20-22(16-19)29(4,5)26-24(25(20)33)21-15-17(31-39(6,35)36)7-10-23(21)30-26/h7-10,15-16,18,30-31H,11-14H2,1-6H3. The van der Waals surface area contributed by atoms with Crippen molar-refractivity contribution in [2.24, 2.45) is 0 Å². The van der Waals surface area contributed by atoms with Crippen LogP contribution in [0.5, 0.6) is 5.75 Å². The molecule has 10 heteroatoms. The van der Waals surface area contributed by atoms with E-state index in [1.807, 2.05) is 39.0 Å². The first-order valence-corrected chi connectivity index (χ1v) is 15.0. The highest BCUT2D eigenvalue weighted by molar-refractivity contribution is 7.92. The first kappa shape index (κ1) is 27.1. The second kappa shape index (κ2) is 9.29. The van der Waals surface area contributed by atoms with Gasteiger partial charge in [0.25, 0.3) is 0 Å². The molecule has 0 spiro atoms. The lowest BCUT2D eigenvalue weighted by atomic mass is 9.71. The fraction of sp³-hybridized carbons (Fsp3) is 0.448. The van der Waals surface area contributed by atoms with Crippen molar-refractivity contribution in [2.75, 3.05) is 24.1 Å². The Morgan fingerprint density at radius 2 is 1.79 bits per heavy atom. The number of hydrogen-bond acceptors (Lipinski definition) is 6. The van der Waals surface area contributed by atoms with Gasteiger partial charge in [-0.15, -0.1) is 0 Å². The summed E-state index contributed by atoms with van der Waals surface area (Å²) >= 11 is 0. The molecule has 0 radical (unpaired) electrons. The molecule has 1 fully saturated rings. The lowest BCUT2D eigenvalue weighted by Gasteiger charge is -2.34. The second-order valence-electron chi connectivity index (χ2n) is 12.0. The molecule has 1 aliphatic heterocycles. The zero-order chi connectivity index (χ0) is 28.3. The maximum atomic E-state index is 13.7. The first-order chi connectivity index (χ1) is 18.1. The first-order valence-electron chi connectivity index (χ1n) is 13.1. The predicted molar refractivity (Wildman–Crippen MR) is 150 cm³/mol. The lowest BCUT2D eigenvalue weighted by Crippen LogP contribution is -2.44. The molecule has 5 rings (SSSR count). The fourth-order valence-electron chi connectivity index (χ4n) is 5.43. The van der Waals surface area contributed by atoms with Crippen molar-refractivity contribution < 1.29 is 27.5 Å². The Balaban J connectivity index is 1.38. The van der Waals surface area contributed by atoms with E-state index in [0.717, 1.165) is 23.0 Å². The SMILES string of the molecule is CC(C)(C)OC(=O)N1CCC(Oc2ccc3c(c2)C(C)(C)c2[nH]c4ccc(NS(C)(=O)=O)cc4c2C3=O)CC1. The number of H-pyrrole nitrogens is 1. The van der Waals surface area contributed by atoms with E-state index in [0.29, 0.717) is 53.9 Å². The van der Waals surface area contributed by atoms with Crippen LogP contribution >= 0.6 is 0 Å². The molecule has 39 heavy (non-hydrogen) atoms. The van der Waals surface area contributed by atoms with Gasteiger partial charge in [0.05, 0.1) is 11.8 Å². The van der Waals surface area contributed by atoms with E-state index in [1.165, 1.54) is 0 Å². The fourth-order valence-corrected chi connectivity index (χ4v) is 5.99. The number of rotatable bonds is 4. The van der Waals surface area contributed by atoms with Gasteiger partial charge >= 0.3 is 6.09 Å². The van der Waals surface area contributed by atoms with Gasteiger partial charge in [0, 0.05) is 59.2 Å². The van der Waals surface area contributed by atoms with Crippen LogP contribution in [0.3, 0.4) is 0 Å². The molecule has 1 saturated heterocycles. The molecular weight excluding hydrogens is 518 g/mol. The third kappa shape index (κ3) is 5.34. The number of sulfonamides is 1. The van der Waals surface area contributed by atoms with Crippen LogP contribution in [0.1, 0.15) is 74.6 Å². The molecule has 2 N–H and O–H groups in total. The van der Waals surface area contributed by atoms with Crippen LogP contribution in [0, 0.1) is 0 Å². The maximum Gasteiger partial charge on any atom is 0.410 e. The van der Waals surface area contributed by atoms with Crippen LogP contribution in [-0.4, -0.2) is 61.2 Å². The molecule has 0 unspecified atom stereocenters. The van der Waals surface area contributed by atoms with Crippen molar-refractivity contribution in [1.29, 1.82) is 0 Å². The number of benzene rings is 2. The Labute approximate surface area is 228 Å². The number of hydrogen-bond donors (Lipinski definition) is 2. The Morgan fingerprint density at radius 3 is 2.44 bits per heavy atom. The average molecular weight is 554 g/mol. The van der Waals surface area contributed by atoms with Gasteiger partial charge in [0.1, 0.15) is 17.5 Å². The summed E-state index contributed by atoms with van der Waals surface area (Å²) in [5, 5.41) is 0.680. The van der Waals surface area contributed by atoms with Crippen LogP contribution in [-0.2, 0) is 20.2 Å². The van der Waals surface area contributed by atoms with E-state index in [1.54, 1.807) is 23.1 Å². The Hall–Kier alpha value is -3.53. The number of fused-ring (bicyclic) bond motifs is 4. The predicted octanol–water partition coefficient (Wildman–Crippen LogP) is 5.19. The normalized spacial score (nSPS) is 17.5. The molecule has 1 aromatic heterocycles. The molecule has 0 bridgehead atoms. The number of aromatic nitrogens is 1. The summed E-state index contributed by atoms with van der Waals surface area (Å²) in [7, 11) is -3.45. The summed E-state index contributed by atoms with van der Waals surface area (Å²) in [4.78, 5) is 31.2. The van der Waals surface area contributed by atoms with Crippen molar-refractivity contribution in [3.8, 4) is 5.75 Å². The third-order valence-corrected chi connectivity index (χ3v) is 7.87. The Bertz CT molecular complexity index is 1570. The summed E-state index contributed by atoms with van der Waals surface area (Å²) < 4.78 is 37.8. The molecule has 3 aromatic rings. The monoisotopic (exact) mass is 553 g/mol. The van der Waals surface area contributed by atoms with E-state index in [4.69, 9.17) is 9.47 Å². The number of anilines is 1. The molecule has 2 aliphatic rings. The van der Waals surface area contributed by atoms with Crippen LogP contribution < -0.4 is 9.46 Å².